The predicted octanol–water partition coefficient (Wildman–Crippen LogP) is 2.51. The van der Waals surface area contributed by atoms with Crippen LogP contribution in [0.5, 0.6) is 0 Å². The first-order chi connectivity index (χ1) is 8.52. The maximum absolute atomic E-state index is 4.34. The maximum atomic E-state index is 4.34. The van der Waals surface area contributed by atoms with Crippen LogP contribution in [0.25, 0.3) is 0 Å². The van der Waals surface area contributed by atoms with Gasteiger partial charge >= 0.3 is 0 Å². The Morgan fingerprint density at radius 2 is 1.83 bits per heavy atom. The molecule has 2 heterocycles. The van der Waals surface area contributed by atoms with Crippen molar-refractivity contribution >= 4 is 0 Å². The lowest BCUT2D eigenvalue weighted by molar-refractivity contribution is 0.490. The minimum atomic E-state index is 0.0272. The molecule has 0 N–H and O–H groups in total. The zero-order valence-corrected chi connectivity index (χ0v) is 11.1. The second-order valence-corrected chi connectivity index (χ2v) is 6.07. The van der Waals surface area contributed by atoms with Gasteiger partial charge in [0.2, 0.25) is 0 Å². The molecule has 0 unspecified atom stereocenters. The van der Waals surface area contributed by atoms with Gasteiger partial charge in [-0.25, -0.2) is 4.68 Å². The zero-order valence-electron chi connectivity index (χ0n) is 11.1. The lowest BCUT2D eigenvalue weighted by atomic mass is 9.93. The molecular formula is C14H18N4. The molecule has 0 spiro atoms. The van der Waals surface area contributed by atoms with Crippen molar-refractivity contribution in [3.63, 3.8) is 0 Å². The van der Waals surface area contributed by atoms with Crippen molar-refractivity contribution in [3.05, 3.63) is 42.0 Å². The van der Waals surface area contributed by atoms with E-state index in [9.17, 15) is 0 Å². The van der Waals surface area contributed by atoms with Crippen molar-refractivity contribution in [1.82, 2.24) is 20.0 Å². The second-order valence-electron chi connectivity index (χ2n) is 6.07. The van der Waals surface area contributed by atoms with E-state index in [0.29, 0.717) is 0 Å². The monoisotopic (exact) mass is 242 g/mol. The third-order valence-electron chi connectivity index (χ3n) is 3.64. The lowest BCUT2D eigenvalue weighted by Gasteiger charge is -2.16. The molecule has 3 rings (SSSR count). The molecule has 94 valence electrons. The molecule has 2 aromatic heterocycles. The van der Waals surface area contributed by atoms with E-state index in [1.54, 1.807) is 0 Å². The van der Waals surface area contributed by atoms with Gasteiger partial charge in [-0.15, -0.1) is 5.10 Å². The number of aromatic nitrogens is 4. The molecule has 1 fully saturated rings. The lowest BCUT2D eigenvalue weighted by Crippen LogP contribution is -2.19. The fraction of sp³-hybridized carbons (Fsp3) is 0.500. The molecule has 0 amide bonds. The fourth-order valence-electron chi connectivity index (χ4n) is 2.25. The highest BCUT2D eigenvalue weighted by Gasteiger charge is 2.47. The van der Waals surface area contributed by atoms with Crippen LogP contribution >= 0.6 is 0 Å². The maximum Gasteiger partial charge on any atom is 0.0896 e. The second kappa shape index (κ2) is 3.64. The van der Waals surface area contributed by atoms with E-state index in [1.165, 1.54) is 5.56 Å². The Hall–Kier alpha value is -1.71. The Labute approximate surface area is 107 Å². The van der Waals surface area contributed by atoms with Crippen LogP contribution in [0.4, 0.5) is 0 Å². The molecule has 4 nitrogen and oxygen atoms in total. The quantitative estimate of drug-likeness (QED) is 0.812. The van der Waals surface area contributed by atoms with E-state index >= 15 is 0 Å². The van der Waals surface area contributed by atoms with Gasteiger partial charge in [-0.05, 0) is 30.5 Å². The van der Waals surface area contributed by atoms with Gasteiger partial charge in [-0.2, -0.15) is 0 Å². The summed E-state index contributed by atoms with van der Waals surface area (Å²) in [6, 6.07) is 4.15. The van der Waals surface area contributed by atoms with Gasteiger partial charge in [0, 0.05) is 17.8 Å². The normalized spacial score (nSPS) is 17.7. The molecule has 0 saturated heterocycles. The molecule has 18 heavy (non-hydrogen) atoms. The average molecular weight is 242 g/mol. The van der Waals surface area contributed by atoms with Crippen molar-refractivity contribution in [2.24, 2.45) is 0 Å². The molecule has 4 heteroatoms. The van der Waals surface area contributed by atoms with E-state index in [4.69, 9.17) is 0 Å². The van der Waals surface area contributed by atoms with Crippen LogP contribution in [0.2, 0.25) is 0 Å². The van der Waals surface area contributed by atoms with Crippen LogP contribution in [-0.4, -0.2) is 20.0 Å². The molecule has 1 aliphatic carbocycles. The van der Waals surface area contributed by atoms with Crippen LogP contribution in [-0.2, 0) is 11.0 Å². The third kappa shape index (κ3) is 1.72. The van der Waals surface area contributed by atoms with Crippen LogP contribution in [0, 0.1) is 0 Å². The molecule has 2 aromatic rings. The molecule has 0 radical (unpaired) electrons. The van der Waals surface area contributed by atoms with Gasteiger partial charge in [0.15, 0.2) is 0 Å². The molecule has 1 aliphatic rings. The van der Waals surface area contributed by atoms with Gasteiger partial charge in [0.05, 0.1) is 17.4 Å². The minimum absolute atomic E-state index is 0.0272. The van der Waals surface area contributed by atoms with E-state index in [0.717, 1.165) is 18.5 Å². The standard InChI is InChI=1S/C14H18N4/c1-13(2,3)12-10-18(17-16-12)14(6-7-14)11-4-8-15-9-5-11/h4-5,8-10H,6-7H2,1-3H3. The Morgan fingerprint density at radius 1 is 1.17 bits per heavy atom. The van der Waals surface area contributed by atoms with Crippen LogP contribution in [0.1, 0.15) is 44.9 Å². The first-order valence-electron chi connectivity index (χ1n) is 6.36. The molecular weight excluding hydrogens is 224 g/mol. The number of hydrogen-bond donors (Lipinski definition) is 0. The topological polar surface area (TPSA) is 43.6 Å². The van der Waals surface area contributed by atoms with Crippen molar-refractivity contribution in [1.29, 1.82) is 0 Å². The van der Waals surface area contributed by atoms with Gasteiger partial charge in [-0.1, -0.05) is 26.0 Å². The molecule has 0 bridgehead atoms. The Kier molecular flexibility index (Phi) is 2.30. The van der Waals surface area contributed by atoms with Gasteiger partial charge in [0.25, 0.3) is 0 Å². The molecule has 1 saturated carbocycles. The average Bonchev–Trinajstić information content (AvgIpc) is 2.99. The summed E-state index contributed by atoms with van der Waals surface area (Å²) in [5.41, 5.74) is 2.40. The van der Waals surface area contributed by atoms with E-state index in [2.05, 4.69) is 54.4 Å². The number of pyridine rings is 1. The highest BCUT2D eigenvalue weighted by atomic mass is 15.5. The Morgan fingerprint density at radius 3 is 2.33 bits per heavy atom. The summed E-state index contributed by atoms with van der Waals surface area (Å²) in [5, 5.41) is 8.66. The van der Waals surface area contributed by atoms with E-state index in [1.807, 2.05) is 17.1 Å². The minimum Gasteiger partial charge on any atom is -0.265 e. The first-order valence-corrected chi connectivity index (χ1v) is 6.36. The SMILES string of the molecule is CC(C)(C)c1cn(C2(c3ccncc3)CC2)nn1. The Bertz CT molecular complexity index is 547. The summed E-state index contributed by atoms with van der Waals surface area (Å²) in [6.07, 6.45) is 8.04. The van der Waals surface area contributed by atoms with Crippen LogP contribution in [0.15, 0.2) is 30.7 Å². The van der Waals surface area contributed by atoms with Crippen LogP contribution < -0.4 is 0 Å². The predicted molar refractivity (Wildman–Crippen MR) is 69.3 cm³/mol. The third-order valence-corrected chi connectivity index (χ3v) is 3.64. The van der Waals surface area contributed by atoms with Crippen LogP contribution in [0.3, 0.4) is 0 Å². The van der Waals surface area contributed by atoms with Crippen molar-refractivity contribution in [3.8, 4) is 0 Å². The smallest absolute Gasteiger partial charge is 0.0896 e. The number of nitrogens with zero attached hydrogens (tertiary/aromatic N) is 4. The summed E-state index contributed by atoms with van der Waals surface area (Å²) in [4.78, 5) is 4.08. The van der Waals surface area contributed by atoms with Gasteiger partial charge in [0.1, 0.15) is 0 Å². The molecule has 0 aliphatic heterocycles. The molecule has 0 aromatic carbocycles. The van der Waals surface area contributed by atoms with Crippen molar-refractivity contribution in [2.45, 2.75) is 44.6 Å². The largest absolute Gasteiger partial charge is 0.265 e. The summed E-state index contributed by atoms with van der Waals surface area (Å²) >= 11 is 0. The van der Waals surface area contributed by atoms with Gasteiger partial charge in [-0.3, -0.25) is 4.98 Å². The highest BCUT2D eigenvalue weighted by Crippen LogP contribution is 2.48. The summed E-state index contributed by atoms with van der Waals surface area (Å²) in [7, 11) is 0. The Balaban J connectivity index is 1.99. The summed E-state index contributed by atoms with van der Waals surface area (Å²) in [5.74, 6) is 0. The van der Waals surface area contributed by atoms with E-state index < -0.39 is 0 Å². The summed E-state index contributed by atoms with van der Waals surface area (Å²) < 4.78 is 2.03. The van der Waals surface area contributed by atoms with Gasteiger partial charge < -0.3 is 0 Å². The van der Waals surface area contributed by atoms with Crippen molar-refractivity contribution in [2.75, 3.05) is 0 Å². The van der Waals surface area contributed by atoms with Crippen molar-refractivity contribution < 1.29 is 0 Å². The fourth-order valence-corrected chi connectivity index (χ4v) is 2.25. The first kappa shape index (κ1) is 11.4. The van der Waals surface area contributed by atoms with E-state index in [-0.39, 0.29) is 11.0 Å². The number of hydrogen-bond acceptors (Lipinski definition) is 3. The highest BCUT2D eigenvalue weighted by molar-refractivity contribution is 5.29. The number of rotatable bonds is 2. The summed E-state index contributed by atoms with van der Waals surface area (Å²) in [6.45, 7) is 6.48. The zero-order chi connectivity index (χ0) is 12.8. The molecule has 0 atom stereocenters.